The molecule has 0 saturated carbocycles. The highest BCUT2D eigenvalue weighted by Gasteiger charge is 2.15. The first-order valence-electron chi connectivity index (χ1n) is 11.3. The molecule has 0 saturated heterocycles. The molecule has 0 heterocycles. The lowest BCUT2D eigenvalue weighted by atomic mass is 9.87. The normalized spacial score (nSPS) is 11.4. The molecular weight excluding hydrogens is 526 g/mol. The van der Waals surface area contributed by atoms with Crippen LogP contribution < -0.4 is 14.9 Å². The molecule has 0 unspecified atom stereocenters. The SMILES string of the molecule is CCOc1cc(/C=N\NC(=O)c2ccc(C(C)(C)C)cc2)cc(Br)c1OCc1ccc([N+](=O)[O-])cc1. The van der Waals surface area contributed by atoms with E-state index in [0.29, 0.717) is 33.7 Å². The number of rotatable bonds is 9. The van der Waals surface area contributed by atoms with E-state index < -0.39 is 4.92 Å². The topological polar surface area (TPSA) is 103 Å². The Kier molecular flexibility index (Phi) is 8.82. The Morgan fingerprint density at radius 1 is 1.08 bits per heavy atom. The van der Waals surface area contributed by atoms with Crippen molar-refractivity contribution < 1.29 is 19.2 Å². The minimum absolute atomic E-state index is 0.0105. The van der Waals surface area contributed by atoms with E-state index in [2.05, 4.69) is 47.2 Å². The van der Waals surface area contributed by atoms with Gasteiger partial charge in [0.2, 0.25) is 0 Å². The van der Waals surface area contributed by atoms with E-state index in [9.17, 15) is 14.9 Å². The van der Waals surface area contributed by atoms with Crippen molar-refractivity contribution in [1.29, 1.82) is 0 Å². The Balaban J connectivity index is 1.68. The summed E-state index contributed by atoms with van der Waals surface area (Å²) in [5.41, 5.74) is 5.71. The molecule has 0 aliphatic rings. The van der Waals surface area contributed by atoms with Crippen LogP contribution in [0.1, 0.15) is 54.7 Å². The number of hydrogen-bond acceptors (Lipinski definition) is 6. The van der Waals surface area contributed by atoms with Crippen LogP contribution >= 0.6 is 15.9 Å². The standard InChI is InChI=1S/C27H28BrN3O5/c1-5-35-24-15-19(16-29-30-26(32)20-8-10-21(11-9-20)27(2,3)4)14-23(28)25(24)36-17-18-6-12-22(13-7-18)31(33)34/h6-16H,5,17H2,1-4H3,(H,30,32)/b29-16-. The molecule has 1 N–H and O–H groups in total. The van der Waals surface area contributed by atoms with E-state index in [1.54, 1.807) is 36.4 Å². The molecule has 36 heavy (non-hydrogen) atoms. The van der Waals surface area contributed by atoms with Gasteiger partial charge in [-0.15, -0.1) is 0 Å². The number of nitro benzene ring substituents is 1. The van der Waals surface area contributed by atoms with Crippen LogP contribution in [0.5, 0.6) is 11.5 Å². The zero-order chi connectivity index (χ0) is 26.3. The molecule has 0 radical (unpaired) electrons. The monoisotopic (exact) mass is 553 g/mol. The lowest BCUT2D eigenvalue weighted by molar-refractivity contribution is -0.384. The minimum Gasteiger partial charge on any atom is -0.490 e. The maximum atomic E-state index is 12.4. The smallest absolute Gasteiger partial charge is 0.271 e. The van der Waals surface area contributed by atoms with Gasteiger partial charge in [0.05, 0.1) is 22.2 Å². The Morgan fingerprint density at radius 2 is 1.75 bits per heavy atom. The van der Waals surface area contributed by atoms with Gasteiger partial charge in [0.25, 0.3) is 11.6 Å². The maximum absolute atomic E-state index is 12.4. The number of hydrazone groups is 1. The van der Waals surface area contributed by atoms with Crippen molar-refractivity contribution in [3.05, 3.63) is 97.5 Å². The van der Waals surface area contributed by atoms with Gasteiger partial charge in [-0.2, -0.15) is 5.10 Å². The molecule has 0 aliphatic heterocycles. The minimum atomic E-state index is -0.445. The van der Waals surface area contributed by atoms with E-state index >= 15 is 0 Å². The largest absolute Gasteiger partial charge is 0.490 e. The number of nitrogens with one attached hydrogen (secondary N) is 1. The Bertz CT molecular complexity index is 1250. The average Bonchev–Trinajstić information content (AvgIpc) is 2.83. The average molecular weight is 554 g/mol. The summed E-state index contributed by atoms with van der Waals surface area (Å²) in [7, 11) is 0. The van der Waals surface area contributed by atoms with Crippen molar-refractivity contribution >= 4 is 33.7 Å². The fourth-order valence-corrected chi connectivity index (χ4v) is 3.86. The number of benzene rings is 3. The summed E-state index contributed by atoms with van der Waals surface area (Å²) >= 11 is 3.51. The second kappa shape index (κ2) is 11.8. The summed E-state index contributed by atoms with van der Waals surface area (Å²) in [6, 6.07) is 17.2. The third kappa shape index (κ3) is 7.14. The fraction of sp³-hybridized carbons (Fsp3) is 0.259. The van der Waals surface area contributed by atoms with Crippen molar-refractivity contribution in [2.75, 3.05) is 6.61 Å². The molecule has 3 aromatic rings. The van der Waals surface area contributed by atoms with Gasteiger partial charge in [0.1, 0.15) is 6.61 Å². The first kappa shape index (κ1) is 26.9. The fourth-order valence-electron chi connectivity index (χ4n) is 3.29. The van der Waals surface area contributed by atoms with Crippen LogP contribution in [0.4, 0.5) is 5.69 Å². The molecule has 8 nitrogen and oxygen atoms in total. The Labute approximate surface area is 218 Å². The number of nitrogens with zero attached hydrogens (tertiary/aromatic N) is 2. The molecule has 3 rings (SSSR count). The maximum Gasteiger partial charge on any atom is 0.271 e. The Morgan fingerprint density at radius 3 is 2.33 bits per heavy atom. The quantitative estimate of drug-likeness (QED) is 0.187. The summed E-state index contributed by atoms with van der Waals surface area (Å²) in [6.45, 7) is 8.84. The second-order valence-electron chi connectivity index (χ2n) is 9.00. The third-order valence-electron chi connectivity index (χ3n) is 5.25. The highest BCUT2D eigenvalue weighted by Crippen LogP contribution is 2.37. The first-order valence-corrected chi connectivity index (χ1v) is 12.1. The summed E-state index contributed by atoms with van der Waals surface area (Å²) in [6.07, 6.45) is 1.52. The number of carbonyl (C=O) groups excluding carboxylic acids is 1. The van der Waals surface area contributed by atoms with Gasteiger partial charge in [-0.3, -0.25) is 14.9 Å². The van der Waals surface area contributed by atoms with Crippen molar-refractivity contribution in [2.45, 2.75) is 39.7 Å². The van der Waals surface area contributed by atoms with Crippen LogP contribution in [-0.2, 0) is 12.0 Å². The molecule has 0 atom stereocenters. The molecule has 9 heteroatoms. The molecule has 3 aromatic carbocycles. The van der Waals surface area contributed by atoms with Gasteiger partial charge in [-0.1, -0.05) is 32.9 Å². The third-order valence-corrected chi connectivity index (χ3v) is 5.84. The molecule has 1 amide bonds. The van der Waals surface area contributed by atoms with Crippen molar-refractivity contribution in [1.82, 2.24) is 5.43 Å². The molecule has 188 valence electrons. The molecule has 0 fully saturated rings. The van der Waals surface area contributed by atoms with E-state index in [-0.39, 0.29) is 23.6 Å². The van der Waals surface area contributed by atoms with Crippen LogP contribution in [0.15, 0.2) is 70.2 Å². The van der Waals surface area contributed by atoms with E-state index in [1.165, 1.54) is 18.3 Å². The van der Waals surface area contributed by atoms with Crippen LogP contribution in [-0.4, -0.2) is 23.7 Å². The first-order chi connectivity index (χ1) is 17.1. The zero-order valence-electron chi connectivity index (χ0n) is 20.6. The lowest BCUT2D eigenvalue weighted by Gasteiger charge is -2.18. The summed E-state index contributed by atoms with van der Waals surface area (Å²) in [4.78, 5) is 22.8. The highest BCUT2D eigenvalue weighted by molar-refractivity contribution is 9.10. The van der Waals surface area contributed by atoms with Crippen molar-refractivity contribution in [2.24, 2.45) is 5.10 Å². The van der Waals surface area contributed by atoms with Crippen molar-refractivity contribution in [3.8, 4) is 11.5 Å². The number of ether oxygens (including phenoxy) is 2. The van der Waals surface area contributed by atoms with Crippen LogP contribution in [0.3, 0.4) is 0 Å². The molecule has 0 bridgehead atoms. The Hall–Kier alpha value is -3.72. The van der Waals surface area contributed by atoms with E-state index in [4.69, 9.17) is 9.47 Å². The van der Waals surface area contributed by atoms with Crippen LogP contribution in [0, 0.1) is 10.1 Å². The number of hydrogen-bond donors (Lipinski definition) is 1. The predicted molar refractivity (Wildman–Crippen MR) is 143 cm³/mol. The van der Waals surface area contributed by atoms with Gasteiger partial charge in [-0.25, -0.2) is 5.43 Å². The second-order valence-corrected chi connectivity index (χ2v) is 9.86. The highest BCUT2D eigenvalue weighted by atomic mass is 79.9. The summed E-state index contributed by atoms with van der Waals surface area (Å²) in [5, 5.41) is 14.9. The summed E-state index contributed by atoms with van der Waals surface area (Å²) in [5.74, 6) is 0.688. The van der Waals surface area contributed by atoms with Gasteiger partial charge < -0.3 is 9.47 Å². The van der Waals surface area contributed by atoms with Crippen LogP contribution in [0.25, 0.3) is 0 Å². The van der Waals surface area contributed by atoms with Gasteiger partial charge in [0.15, 0.2) is 11.5 Å². The van der Waals surface area contributed by atoms with Crippen molar-refractivity contribution in [3.63, 3.8) is 0 Å². The molecule has 0 aliphatic carbocycles. The molecule has 0 aromatic heterocycles. The number of non-ortho nitro benzene ring substituents is 1. The summed E-state index contributed by atoms with van der Waals surface area (Å²) < 4.78 is 12.3. The number of halogens is 1. The lowest BCUT2D eigenvalue weighted by Crippen LogP contribution is -2.18. The molecule has 0 spiro atoms. The number of amides is 1. The molecular formula is C27H28BrN3O5. The van der Waals surface area contributed by atoms with Gasteiger partial charge in [0, 0.05) is 17.7 Å². The van der Waals surface area contributed by atoms with E-state index in [0.717, 1.165) is 11.1 Å². The van der Waals surface area contributed by atoms with Crippen LogP contribution in [0.2, 0.25) is 0 Å². The van der Waals surface area contributed by atoms with Gasteiger partial charge in [-0.05, 0) is 81.4 Å². The van der Waals surface area contributed by atoms with E-state index in [1.807, 2.05) is 19.1 Å². The zero-order valence-corrected chi connectivity index (χ0v) is 22.2. The predicted octanol–water partition coefficient (Wildman–Crippen LogP) is 6.40. The number of nitro groups is 1. The number of carbonyl (C=O) groups is 1. The van der Waals surface area contributed by atoms with Gasteiger partial charge >= 0.3 is 0 Å².